The summed E-state index contributed by atoms with van der Waals surface area (Å²) in [6.07, 6.45) is 1.30. The van der Waals surface area contributed by atoms with E-state index in [9.17, 15) is 9.59 Å². The van der Waals surface area contributed by atoms with Gasteiger partial charge in [-0.15, -0.1) is 0 Å². The van der Waals surface area contributed by atoms with Crippen LogP contribution in [-0.2, 0) is 14.3 Å². The van der Waals surface area contributed by atoms with E-state index in [1.807, 2.05) is 32.0 Å². The van der Waals surface area contributed by atoms with Crippen LogP contribution in [0.15, 0.2) is 18.2 Å². The number of esters is 1. The smallest absolute Gasteiger partial charge is 0.327 e. The van der Waals surface area contributed by atoms with Gasteiger partial charge < -0.3 is 15.4 Å². The average Bonchev–Trinajstić information content (AvgIpc) is 2.42. The number of carbonyl (C=O) groups is 2. The zero-order chi connectivity index (χ0) is 15.1. The van der Waals surface area contributed by atoms with Crippen LogP contribution in [0.1, 0.15) is 32.3 Å². The maximum Gasteiger partial charge on any atom is 0.327 e. The van der Waals surface area contributed by atoms with Gasteiger partial charge >= 0.3 is 5.97 Å². The quantitative estimate of drug-likeness (QED) is 0.785. The normalized spacial score (nSPS) is 11.6. The van der Waals surface area contributed by atoms with Gasteiger partial charge in [-0.05, 0) is 38.0 Å². The molecule has 1 atom stereocenters. The molecule has 1 rings (SSSR count). The largest absolute Gasteiger partial charge is 0.467 e. The van der Waals surface area contributed by atoms with Gasteiger partial charge in [-0.25, -0.2) is 4.79 Å². The lowest BCUT2D eigenvalue weighted by atomic mass is 10.1. The maximum absolute atomic E-state index is 11.6. The molecule has 0 fully saturated rings. The molecule has 0 saturated heterocycles. The standard InChI is InChI=1S/C15H22N2O3/c1-5-7-14(18)17-13-9-6-8-12(10(13)2)16-11(3)15(19)20-4/h6,8-9,11,16H,5,7H2,1-4H3,(H,17,18). The van der Waals surface area contributed by atoms with Crippen LogP contribution in [0.3, 0.4) is 0 Å². The van der Waals surface area contributed by atoms with E-state index in [2.05, 4.69) is 15.4 Å². The number of hydrogen-bond donors (Lipinski definition) is 2. The van der Waals surface area contributed by atoms with E-state index in [1.165, 1.54) is 7.11 Å². The molecular formula is C15H22N2O3. The Bertz CT molecular complexity index is 486. The van der Waals surface area contributed by atoms with Crippen molar-refractivity contribution >= 4 is 23.3 Å². The van der Waals surface area contributed by atoms with Gasteiger partial charge in [0.2, 0.25) is 5.91 Å². The van der Waals surface area contributed by atoms with Gasteiger partial charge in [-0.1, -0.05) is 13.0 Å². The predicted octanol–water partition coefficient (Wildman–Crippen LogP) is 2.71. The van der Waals surface area contributed by atoms with Crippen molar-refractivity contribution in [2.24, 2.45) is 0 Å². The second-order valence-corrected chi connectivity index (χ2v) is 4.67. The third kappa shape index (κ3) is 4.26. The van der Waals surface area contributed by atoms with Gasteiger partial charge in [0.15, 0.2) is 0 Å². The van der Waals surface area contributed by atoms with Gasteiger partial charge in [0, 0.05) is 17.8 Å². The number of hydrogen-bond acceptors (Lipinski definition) is 4. The molecule has 0 heterocycles. The topological polar surface area (TPSA) is 67.4 Å². The molecule has 5 nitrogen and oxygen atoms in total. The van der Waals surface area contributed by atoms with Crippen molar-refractivity contribution in [1.29, 1.82) is 0 Å². The number of ether oxygens (including phenoxy) is 1. The Morgan fingerprint density at radius 3 is 2.55 bits per heavy atom. The van der Waals surface area contributed by atoms with Crippen molar-refractivity contribution in [3.63, 3.8) is 0 Å². The van der Waals surface area contributed by atoms with Gasteiger partial charge in [-0.2, -0.15) is 0 Å². The lowest BCUT2D eigenvalue weighted by Gasteiger charge is -2.17. The highest BCUT2D eigenvalue weighted by Crippen LogP contribution is 2.24. The third-order valence-corrected chi connectivity index (χ3v) is 3.01. The minimum Gasteiger partial charge on any atom is -0.467 e. The lowest BCUT2D eigenvalue weighted by Crippen LogP contribution is -2.27. The van der Waals surface area contributed by atoms with Gasteiger partial charge in [0.05, 0.1) is 7.11 Å². The molecule has 0 aliphatic rings. The fraction of sp³-hybridized carbons (Fsp3) is 0.467. The summed E-state index contributed by atoms with van der Waals surface area (Å²) in [5.41, 5.74) is 2.45. The van der Waals surface area contributed by atoms with Crippen LogP contribution in [0, 0.1) is 6.92 Å². The van der Waals surface area contributed by atoms with Crippen LogP contribution in [0.4, 0.5) is 11.4 Å². The van der Waals surface area contributed by atoms with Crippen LogP contribution in [0.25, 0.3) is 0 Å². The van der Waals surface area contributed by atoms with Crippen LogP contribution >= 0.6 is 0 Å². The second kappa shape index (κ2) is 7.53. The molecule has 1 unspecified atom stereocenters. The van der Waals surface area contributed by atoms with Crippen molar-refractivity contribution in [1.82, 2.24) is 0 Å². The Balaban J connectivity index is 2.84. The zero-order valence-corrected chi connectivity index (χ0v) is 12.4. The first-order valence-electron chi connectivity index (χ1n) is 6.73. The first-order chi connectivity index (χ1) is 9.49. The second-order valence-electron chi connectivity index (χ2n) is 4.67. The number of anilines is 2. The van der Waals surface area contributed by atoms with Gasteiger partial charge in [0.25, 0.3) is 0 Å². The predicted molar refractivity (Wildman–Crippen MR) is 79.8 cm³/mol. The molecule has 110 valence electrons. The summed E-state index contributed by atoms with van der Waals surface area (Å²) in [5, 5.41) is 5.95. The van der Waals surface area contributed by atoms with Crippen molar-refractivity contribution in [3.05, 3.63) is 23.8 Å². The molecule has 0 aliphatic heterocycles. The van der Waals surface area contributed by atoms with E-state index in [-0.39, 0.29) is 11.9 Å². The van der Waals surface area contributed by atoms with Crippen LogP contribution < -0.4 is 10.6 Å². The molecule has 0 spiro atoms. The number of methoxy groups -OCH3 is 1. The Kier molecular flexibility index (Phi) is 6.03. The number of rotatable bonds is 6. The molecule has 1 aromatic rings. The van der Waals surface area contributed by atoms with E-state index >= 15 is 0 Å². The highest BCUT2D eigenvalue weighted by Gasteiger charge is 2.14. The summed E-state index contributed by atoms with van der Waals surface area (Å²) in [6, 6.07) is 5.10. The Morgan fingerprint density at radius 1 is 1.30 bits per heavy atom. The molecule has 5 heteroatoms. The Morgan fingerprint density at radius 2 is 1.95 bits per heavy atom. The summed E-state index contributed by atoms with van der Waals surface area (Å²) in [7, 11) is 1.36. The summed E-state index contributed by atoms with van der Waals surface area (Å²) in [6.45, 7) is 5.59. The van der Waals surface area contributed by atoms with E-state index in [1.54, 1.807) is 6.92 Å². The number of benzene rings is 1. The van der Waals surface area contributed by atoms with Crippen LogP contribution in [-0.4, -0.2) is 25.0 Å². The summed E-state index contributed by atoms with van der Waals surface area (Å²) in [5.74, 6) is -0.335. The van der Waals surface area contributed by atoms with Crippen LogP contribution in [0.5, 0.6) is 0 Å². The average molecular weight is 278 g/mol. The van der Waals surface area contributed by atoms with Crippen molar-refractivity contribution in [2.75, 3.05) is 17.7 Å². The van der Waals surface area contributed by atoms with E-state index in [0.717, 1.165) is 23.4 Å². The SMILES string of the molecule is CCCC(=O)Nc1cccc(NC(C)C(=O)OC)c1C. The summed E-state index contributed by atoms with van der Waals surface area (Å²) < 4.78 is 4.68. The van der Waals surface area contributed by atoms with E-state index < -0.39 is 6.04 Å². The molecule has 0 radical (unpaired) electrons. The minimum absolute atomic E-state index is 0.00577. The van der Waals surface area contributed by atoms with E-state index in [0.29, 0.717) is 6.42 Å². The molecule has 0 bridgehead atoms. The Labute approximate surface area is 119 Å². The van der Waals surface area contributed by atoms with Gasteiger partial charge in [-0.3, -0.25) is 4.79 Å². The summed E-state index contributed by atoms with van der Waals surface area (Å²) in [4.78, 5) is 23.1. The third-order valence-electron chi connectivity index (χ3n) is 3.01. The minimum atomic E-state index is -0.444. The molecule has 1 amide bonds. The monoisotopic (exact) mass is 278 g/mol. The lowest BCUT2D eigenvalue weighted by molar-refractivity contribution is -0.141. The number of carbonyl (C=O) groups excluding carboxylic acids is 2. The molecule has 20 heavy (non-hydrogen) atoms. The van der Waals surface area contributed by atoms with Crippen molar-refractivity contribution in [3.8, 4) is 0 Å². The summed E-state index contributed by atoms with van der Waals surface area (Å²) >= 11 is 0. The first kappa shape index (κ1) is 16.0. The molecular weight excluding hydrogens is 256 g/mol. The molecule has 1 aromatic carbocycles. The highest BCUT2D eigenvalue weighted by atomic mass is 16.5. The fourth-order valence-corrected chi connectivity index (χ4v) is 1.84. The van der Waals surface area contributed by atoms with Crippen molar-refractivity contribution < 1.29 is 14.3 Å². The number of nitrogens with one attached hydrogen (secondary N) is 2. The van der Waals surface area contributed by atoms with Crippen molar-refractivity contribution in [2.45, 2.75) is 39.7 Å². The molecule has 0 aromatic heterocycles. The molecule has 0 saturated carbocycles. The van der Waals surface area contributed by atoms with Gasteiger partial charge in [0.1, 0.15) is 6.04 Å². The first-order valence-corrected chi connectivity index (χ1v) is 6.73. The number of amides is 1. The zero-order valence-electron chi connectivity index (χ0n) is 12.4. The molecule has 2 N–H and O–H groups in total. The van der Waals surface area contributed by atoms with E-state index in [4.69, 9.17) is 0 Å². The maximum atomic E-state index is 11.6. The van der Waals surface area contributed by atoms with Crippen LogP contribution in [0.2, 0.25) is 0 Å². The Hall–Kier alpha value is -2.04. The molecule has 0 aliphatic carbocycles. The highest BCUT2D eigenvalue weighted by molar-refractivity contribution is 5.92. The fourth-order valence-electron chi connectivity index (χ4n) is 1.84.